The molecule has 1 aromatic heterocycles. The molecule has 0 atom stereocenters. The van der Waals surface area contributed by atoms with Crippen LogP contribution >= 0.6 is 15.9 Å². The first kappa shape index (κ1) is 12.3. The van der Waals surface area contributed by atoms with Crippen molar-refractivity contribution in [2.45, 2.75) is 0 Å². The van der Waals surface area contributed by atoms with E-state index in [2.05, 4.69) is 32.4 Å². The molecule has 0 saturated carbocycles. The lowest BCUT2D eigenvalue weighted by Gasteiger charge is -2.04. The van der Waals surface area contributed by atoms with Crippen molar-refractivity contribution >= 4 is 21.8 Å². The molecule has 0 unspecified atom stereocenters. The zero-order valence-corrected chi connectivity index (χ0v) is 11.1. The normalized spacial score (nSPS) is 9.83. The maximum Gasteiger partial charge on any atom is 0.271 e. The highest BCUT2D eigenvalue weighted by molar-refractivity contribution is 9.10. The van der Waals surface area contributed by atoms with Crippen LogP contribution in [0.3, 0.4) is 0 Å². The van der Waals surface area contributed by atoms with E-state index in [9.17, 15) is 4.79 Å². The molecule has 0 aliphatic carbocycles. The third kappa shape index (κ3) is 2.26. The second-order valence-corrected chi connectivity index (χ2v) is 4.41. The molecule has 0 spiro atoms. The molecule has 0 fully saturated rings. The predicted molar refractivity (Wildman–Crippen MR) is 69.4 cm³/mol. The molecule has 90 valence electrons. The van der Waals surface area contributed by atoms with Gasteiger partial charge in [-0.25, -0.2) is 4.68 Å². The number of nitrogens with zero attached hydrogens (tertiary/aromatic N) is 3. The van der Waals surface area contributed by atoms with Crippen LogP contribution < -0.4 is 5.32 Å². The third-order valence-corrected chi connectivity index (χ3v) is 2.87. The minimum atomic E-state index is -0.262. The quantitative estimate of drug-likeness (QED) is 0.920. The molecular formula is C12H9BrN4O. The van der Waals surface area contributed by atoms with Gasteiger partial charge in [-0.05, 0) is 24.3 Å². The maximum atomic E-state index is 11.4. The predicted octanol–water partition coefficient (Wildman–Crippen LogP) is 1.87. The van der Waals surface area contributed by atoms with Crippen LogP contribution in [-0.2, 0) is 0 Å². The molecule has 0 aliphatic heterocycles. The van der Waals surface area contributed by atoms with Crippen LogP contribution in [-0.4, -0.2) is 22.7 Å². The fourth-order valence-electron chi connectivity index (χ4n) is 1.50. The fraction of sp³-hybridized carbons (Fsp3) is 0.0833. The van der Waals surface area contributed by atoms with E-state index in [0.717, 1.165) is 4.47 Å². The lowest BCUT2D eigenvalue weighted by Crippen LogP contribution is -2.18. The number of nitriles is 1. The van der Waals surface area contributed by atoms with Gasteiger partial charge in [0.2, 0.25) is 0 Å². The summed E-state index contributed by atoms with van der Waals surface area (Å²) in [6, 6.07) is 8.94. The Labute approximate surface area is 112 Å². The molecule has 6 heteroatoms. The Morgan fingerprint density at radius 1 is 1.50 bits per heavy atom. The van der Waals surface area contributed by atoms with Crippen molar-refractivity contribution < 1.29 is 4.79 Å². The molecular weight excluding hydrogens is 296 g/mol. The van der Waals surface area contributed by atoms with Gasteiger partial charge < -0.3 is 5.32 Å². The molecule has 1 N–H and O–H groups in total. The number of hydrogen-bond acceptors (Lipinski definition) is 3. The van der Waals surface area contributed by atoms with Gasteiger partial charge in [0.25, 0.3) is 5.91 Å². The molecule has 2 aromatic rings. The second-order valence-electron chi connectivity index (χ2n) is 3.50. The Kier molecular flexibility index (Phi) is 3.44. The first-order valence-electron chi connectivity index (χ1n) is 5.13. The van der Waals surface area contributed by atoms with Crippen molar-refractivity contribution in [2.75, 3.05) is 7.05 Å². The van der Waals surface area contributed by atoms with Gasteiger partial charge in [0.05, 0.1) is 11.3 Å². The summed E-state index contributed by atoms with van der Waals surface area (Å²) in [5.41, 5.74) is 1.42. The highest BCUT2D eigenvalue weighted by atomic mass is 79.9. The molecule has 5 nitrogen and oxygen atoms in total. The smallest absolute Gasteiger partial charge is 0.271 e. The Balaban J connectivity index is 2.49. The SMILES string of the molecule is CNC(=O)c1ccn(-c2cc(Br)ccc2C#N)n1. The van der Waals surface area contributed by atoms with Gasteiger partial charge in [-0.3, -0.25) is 4.79 Å². The van der Waals surface area contributed by atoms with Crippen LogP contribution in [0.15, 0.2) is 34.9 Å². The van der Waals surface area contributed by atoms with E-state index in [1.165, 1.54) is 4.68 Å². The van der Waals surface area contributed by atoms with Crippen LogP contribution in [0.1, 0.15) is 16.1 Å². The van der Waals surface area contributed by atoms with Crippen molar-refractivity contribution in [3.05, 3.63) is 46.2 Å². The van der Waals surface area contributed by atoms with Crippen molar-refractivity contribution in [1.29, 1.82) is 5.26 Å². The summed E-state index contributed by atoms with van der Waals surface area (Å²) in [6.45, 7) is 0. The Morgan fingerprint density at radius 3 is 2.94 bits per heavy atom. The number of aromatic nitrogens is 2. The van der Waals surface area contributed by atoms with Crippen LogP contribution in [0.4, 0.5) is 0 Å². The molecule has 1 heterocycles. The number of hydrogen-bond donors (Lipinski definition) is 1. The van der Waals surface area contributed by atoms with Gasteiger partial charge in [0.15, 0.2) is 5.69 Å². The summed E-state index contributed by atoms with van der Waals surface area (Å²) in [5, 5.41) is 15.7. The number of amides is 1. The molecule has 2 rings (SSSR count). The number of carbonyl (C=O) groups is 1. The first-order chi connectivity index (χ1) is 8.65. The molecule has 0 bridgehead atoms. The number of carbonyl (C=O) groups excluding carboxylic acids is 1. The zero-order chi connectivity index (χ0) is 13.1. The summed E-state index contributed by atoms with van der Waals surface area (Å²) in [6.07, 6.45) is 1.65. The monoisotopic (exact) mass is 304 g/mol. The van der Waals surface area contributed by atoms with Crippen molar-refractivity contribution in [3.8, 4) is 11.8 Å². The average Bonchev–Trinajstić information content (AvgIpc) is 2.87. The van der Waals surface area contributed by atoms with Crippen molar-refractivity contribution in [1.82, 2.24) is 15.1 Å². The minimum absolute atomic E-state index is 0.262. The minimum Gasteiger partial charge on any atom is -0.354 e. The van der Waals surface area contributed by atoms with Crippen molar-refractivity contribution in [2.24, 2.45) is 0 Å². The number of rotatable bonds is 2. The van der Waals surface area contributed by atoms with E-state index in [-0.39, 0.29) is 5.91 Å². The maximum absolute atomic E-state index is 11.4. The third-order valence-electron chi connectivity index (χ3n) is 2.38. The second kappa shape index (κ2) is 5.02. The molecule has 0 aliphatic rings. The molecule has 1 aromatic carbocycles. The number of halogens is 1. The summed E-state index contributed by atoms with van der Waals surface area (Å²) < 4.78 is 2.35. The van der Waals surface area contributed by atoms with E-state index >= 15 is 0 Å². The topological polar surface area (TPSA) is 70.7 Å². The molecule has 1 amide bonds. The average molecular weight is 305 g/mol. The van der Waals surface area contributed by atoms with Gasteiger partial charge in [0, 0.05) is 17.7 Å². The van der Waals surface area contributed by atoms with Gasteiger partial charge >= 0.3 is 0 Å². The van der Waals surface area contributed by atoms with Gasteiger partial charge in [0.1, 0.15) is 6.07 Å². The van der Waals surface area contributed by atoms with E-state index < -0.39 is 0 Å². The van der Waals surface area contributed by atoms with Crippen LogP contribution in [0.25, 0.3) is 5.69 Å². The zero-order valence-electron chi connectivity index (χ0n) is 9.51. The first-order valence-corrected chi connectivity index (χ1v) is 5.93. The Morgan fingerprint density at radius 2 is 2.28 bits per heavy atom. The van der Waals surface area contributed by atoms with E-state index in [0.29, 0.717) is 16.9 Å². The van der Waals surface area contributed by atoms with Crippen LogP contribution in [0.2, 0.25) is 0 Å². The van der Waals surface area contributed by atoms with Gasteiger partial charge in [-0.1, -0.05) is 15.9 Å². The van der Waals surface area contributed by atoms with Gasteiger partial charge in [-0.15, -0.1) is 0 Å². The lowest BCUT2D eigenvalue weighted by atomic mass is 10.2. The van der Waals surface area contributed by atoms with E-state index in [1.807, 2.05) is 0 Å². The summed E-state index contributed by atoms with van der Waals surface area (Å²) in [4.78, 5) is 11.4. The summed E-state index contributed by atoms with van der Waals surface area (Å²) in [5.74, 6) is -0.262. The van der Waals surface area contributed by atoms with E-state index in [1.54, 1.807) is 37.5 Å². The van der Waals surface area contributed by atoms with Crippen LogP contribution in [0, 0.1) is 11.3 Å². The standard InChI is InChI=1S/C12H9BrN4O/c1-15-12(18)10-4-5-17(16-10)11-6-9(13)3-2-8(11)7-14/h2-6H,1H3,(H,15,18). The highest BCUT2D eigenvalue weighted by Gasteiger charge is 2.10. The van der Waals surface area contributed by atoms with Gasteiger partial charge in [-0.2, -0.15) is 10.4 Å². The fourth-order valence-corrected chi connectivity index (χ4v) is 1.85. The summed E-state index contributed by atoms with van der Waals surface area (Å²) >= 11 is 3.34. The molecule has 0 saturated heterocycles. The van der Waals surface area contributed by atoms with Crippen LogP contribution in [0.5, 0.6) is 0 Å². The molecule has 18 heavy (non-hydrogen) atoms. The Bertz CT molecular complexity index is 642. The van der Waals surface area contributed by atoms with Crippen molar-refractivity contribution in [3.63, 3.8) is 0 Å². The highest BCUT2D eigenvalue weighted by Crippen LogP contribution is 2.19. The largest absolute Gasteiger partial charge is 0.354 e. The Hall–Kier alpha value is -2.13. The molecule has 0 radical (unpaired) electrons. The summed E-state index contributed by atoms with van der Waals surface area (Å²) in [7, 11) is 1.54. The number of benzene rings is 1. The lowest BCUT2D eigenvalue weighted by molar-refractivity contribution is 0.0957. The number of nitrogens with one attached hydrogen (secondary N) is 1. The van der Waals surface area contributed by atoms with E-state index in [4.69, 9.17) is 5.26 Å².